The third-order valence-corrected chi connectivity index (χ3v) is 5.02. The number of carbonyl (C=O) groups excluding carboxylic acids is 1. The first-order valence-electron chi connectivity index (χ1n) is 9.86. The summed E-state index contributed by atoms with van der Waals surface area (Å²) >= 11 is 5.89. The van der Waals surface area contributed by atoms with Crippen molar-refractivity contribution in [1.82, 2.24) is 5.32 Å². The fourth-order valence-corrected chi connectivity index (χ4v) is 3.18. The second kappa shape index (κ2) is 9.90. The molecule has 0 aliphatic carbocycles. The quantitative estimate of drug-likeness (QED) is 0.413. The Kier molecular flexibility index (Phi) is 6.59. The lowest BCUT2D eigenvalue weighted by molar-refractivity contribution is -0.117. The van der Waals surface area contributed by atoms with Crippen LogP contribution in [0, 0.1) is 11.3 Å². The summed E-state index contributed by atoms with van der Waals surface area (Å²) in [5.41, 5.74) is 2.59. The largest absolute Gasteiger partial charge is 0.489 e. The van der Waals surface area contributed by atoms with E-state index in [0.29, 0.717) is 28.9 Å². The molecule has 4 rings (SSSR count). The lowest BCUT2D eigenvalue weighted by atomic mass is 10.1. The number of rotatable bonds is 7. The van der Waals surface area contributed by atoms with E-state index < -0.39 is 5.91 Å². The Hall–Kier alpha value is -3.95. The lowest BCUT2D eigenvalue weighted by Crippen LogP contribution is -2.23. The van der Waals surface area contributed by atoms with Crippen LogP contribution in [-0.2, 0) is 17.9 Å². The van der Waals surface area contributed by atoms with Crippen LogP contribution in [0.25, 0.3) is 6.08 Å². The Morgan fingerprint density at radius 3 is 2.50 bits per heavy atom. The second-order valence-electron chi connectivity index (χ2n) is 7.02. The maximum absolute atomic E-state index is 12.4. The highest BCUT2D eigenvalue weighted by Gasteiger charge is 2.14. The van der Waals surface area contributed by atoms with Gasteiger partial charge >= 0.3 is 0 Å². The highest BCUT2D eigenvalue weighted by atomic mass is 35.5. The van der Waals surface area contributed by atoms with E-state index in [1.54, 1.807) is 36.4 Å². The summed E-state index contributed by atoms with van der Waals surface area (Å²) in [6.45, 7) is 0.876. The van der Waals surface area contributed by atoms with Crippen LogP contribution in [-0.4, -0.2) is 12.7 Å². The summed E-state index contributed by atoms with van der Waals surface area (Å²) in [6, 6.07) is 22.0. The molecule has 3 aromatic carbocycles. The first-order valence-corrected chi connectivity index (χ1v) is 10.2. The van der Waals surface area contributed by atoms with Gasteiger partial charge in [-0.05, 0) is 59.2 Å². The molecule has 1 N–H and O–H groups in total. The van der Waals surface area contributed by atoms with E-state index in [9.17, 15) is 10.1 Å². The fourth-order valence-electron chi connectivity index (χ4n) is 3.05. The molecule has 1 aliphatic rings. The third kappa shape index (κ3) is 5.39. The van der Waals surface area contributed by atoms with Gasteiger partial charge < -0.3 is 19.5 Å². The predicted molar refractivity (Wildman–Crippen MR) is 120 cm³/mol. The van der Waals surface area contributed by atoms with Gasteiger partial charge in [-0.25, -0.2) is 0 Å². The highest BCUT2D eigenvalue weighted by molar-refractivity contribution is 6.30. The van der Waals surface area contributed by atoms with E-state index in [0.717, 1.165) is 16.7 Å². The zero-order valence-electron chi connectivity index (χ0n) is 17.0. The van der Waals surface area contributed by atoms with Crippen LogP contribution >= 0.6 is 11.6 Å². The molecule has 1 amide bonds. The van der Waals surface area contributed by atoms with Crippen LogP contribution in [0.3, 0.4) is 0 Å². The van der Waals surface area contributed by atoms with Gasteiger partial charge in [0.2, 0.25) is 6.79 Å². The van der Waals surface area contributed by atoms with E-state index >= 15 is 0 Å². The monoisotopic (exact) mass is 446 g/mol. The average Bonchev–Trinajstić information content (AvgIpc) is 3.29. The van der Waals surface area contributed by atoms with Gasteiger partial charge in [-0.3, -0.25) is 4.79 Å². The van der Waals surface area contributed by atoms with Gasteiger partial charge in [-0.15, -0.1) is 0 Å². The van der Waals surface area contributed by atoms with Crippen LogP contribution < -0.4 is 19.5 Å². The van der Waals surface area contributed by atoms with Gasteiger partial charge in [-0.2, -0.15) is 5.26 Å². The van der Waals surface area contributed by atoms with Crippen molar-refractivity contribution in [3.05, 3.63) is 94.0 Å². The molecular formula is C25H19ClN2O4. The van der Waals surface area contributed by atoms with Crippen molar-refractivity contribution in [3.63, 3.8) is 0 Å². The minimum atomic E-state index is -0.451. The van der Waals surface area contributed by atoms with Crippen molar-refractivity contribution in [2.45, 2.75) is 13.2 Å². The molecule has 0 fully saturated rings. The molecule has 0 aromatic heterocycles. The number of benzene rings is 3. The summed E-state index contributed by atoms with van der Waals surface area (Å²) in [4.78, 5) is 12.4. The van der Waals surface area contributed by atoms with E-state index in [1.807, 2.05) is 36.4 Å². The smallest absolute Gasteiger partial charge is 0.262 e. The normalized spacial score (nSPS) is 12.2. The van der Waals surface area contributed by atoms with E-state index in [1.165, 1.54) is 6.08 Å². The Balaban J connectivity index is 1.34. The van der Waals surface area contributed by atoms with Gasteiger partial charge in [0.25, 0.3) is 5.91 Å². The Bertz CT molecular complexity index is 1180. The maximum atomic E-state index is 12.4. The van der Waals surface area contributed by atoms with Crippen molar-refractivity contribution in [2.75, 3.05) is 6.79 Å². The van der Waals surface area contributed by atoms with E-state index in [2.05, 4.69) is 5.32 Å². The molecule has 0 bridgehead atoms. The Morgan fingerprint density at radius 2 is 1.75 bits per heavy atom. The molecule has 0 saturated heterocycles. The zero-order chi connectivity index (χ0) is 22.3. The van der Waals surface area contributed by atoms with Gasteiger partial charge in [0.15, 0.2) is 11.5 Å². The van der Waals surface area contributed by atoms with Crippen molar-refractivity contribution in [3.8, 4) is 23.3 Å². The molecule has 0 saturated carbocycles. The second-order valence-corrected chi connectivity index (χ2v) is 7.46. The molecule has 7 heteroatoms. The summed E-state index contributed by atoms with van der Waals surface area (Å²) in [5.74, 6) is 1.56. The molecular weight excluding hydrogens is 428 g/mol. The molecule has 0 radical (unpaired) electrons. The van der Waals surface area contributed by atoms with Gasteiger partial charge in [0, 0.05) is 11.6 Å². The highest BCUT2D eigenvalue weighted by Crippen LogP contribution is 2.32. The first-order chi connectivity index (χ1) is 15.6. The minimum absolute atomic E-state index is 0.0144. The third-order valence-electron chi connectivity index (χ3n) is 4.76. The van der Waals surface area contributed by atoms with Crippen LogP contribution in [0.15, 0.2) is 72.3 Å². The van der Waals surface area contributed by atoms with Crippen LogP contribution in [0.1, 0.15) is 16.7 Å². The van der Waals surface area contributed by atoms with Crippen LogP contribution in [0.5, 0.6) is 17.2 Å². The Morgan fingerprint density at radius 1 is 1.03 bits per heavy atom. The maximum Gasteiger partial charge on any atom is 0.262 e. The average molecular weight is 447 g/mol. The summed E-state index contributed by atoms with van der Waals surface area (Å²) < 4.78 is 16.4. The standard InChI is InChI=1S/C25H19ClN2O4/c26-21-6-1-18(2-7-21)15-30-22-8-3-17(4-9-22)11-20(13-27)25(29)28-14-19-5-10-23-24(12-19)32-16-31-23/h1-12H,14-16H2,(H,28,29)/b20-11+. The molecule has 32 heavy (non-hydrogen) atoms. The molecule has 1 heterocycles. The number of carbonyl (C=O) groups is 1. The number of ether oxygens (including phenoxy) is 3. The molecule has 6 nitrogen and oxygen atoms in total. The van der Waals surface area contributed by atoms with Gasteiger partial charge in [0.05, 0.1) is 0 Å². The molecule has 0 atom stereocenters. The molecule has 160 valence electrons. The number of amides is 1. The van der Waals surface area contributed by atoms with Crippen molar-refractivity contribution in [2.24, 2.45) is 0 Å². The number of nitrogens with one attached hydrogen (secondary N) is 1. The SMILES string of the molecule is N#C/C(=C\c1ccc(OCc2ccc(Cl)cc2)cc1)C(=O)NCc1ccc2c(c1)OCO2. The van der Waals surface area contributed by atoms with Crippen molar-refractivity contribution < 1.29 is 19.0 Å². The predicted octanol–water partition coefficient (Wildman–Crippen LogP) is 4.87. The van der Waals surface area contributed by atoms with Gasteiger partial charge in [-0.1, -0.05) is 41.9 Å². The number of nitriles is 1. The fraction of sp³-hybridized carbons (Fsp3) is 0.120. The Labute approximate surface area is 190 Å². The van der Waals surface area contributed by atoms with Crippen molar-refractivity contribution >= 4 is 23.6 Å². The number of nitrogens with zero attached hydrogens (tertiary/aromatic N) is 1. The summed E-state index contributed by atoms with van der Waals surface area (Å²) in [6.07, 6.45) is 1.54. The molecule has 1 aliphatic heterocycles. The molecule has 0 spiro atoms. The molecule has 3 aromatic rings. The summed E-state index contributed by atoms with van der Waals surface area (Å²) in [5, 5.41) is 12.9. The van der Waals surface area contributed by atoms with Crippen LogP contribution in [0.2, 0.25) is 5.02 Å². The number of fused-ring (bicyclic) bond motifs is 1. The first kappa shape index (κ1) is 21.3. The minimum Gasteiger partial charge on any atom is -0.489 e. The van der Waals surface area contributed by atoms with E-state index in [-0.39, 0.29) is 18.9 Å². The van der Waals surface area contributed by atoms with Crippen molar-refractivity contribution in [1.29, 1.82) is 5.26 Å². The number of hydrogen-bond donors (Lipinski definition) is 1. The number of hydrogen-bond acceptors (Lipinski definition) is 5. The summed E-state index contributed by atoms with van der Waals surface area (Å²) in [7, 11) is 0. The zero-order valence-corrected chi connectivity index (χ0v) is 17.8. The van der Waals surface area contributed by atoms with Gasteiger partial charge in [0.1, 0.15) is 24.0 Å². The van der Waals surface area contributed by atoms with E-state index in [4.69, 9.17) is 25.8 Å². The lowest BCUT2D eigenvalue weighted by Gasteiger charge is -2.07. The topological polar surface area (TPSA) is 80.6 Å². The molecule has 0 unspecified atom stereocenters. The number of halogens is 1. The van der Waals surface area contributed by atoms with Crippen LogP contribution in [0.4, 0.5) is 0 Å².